The lowest BCUT2D eigenvalue weighted by molar-refractivity contribution is 0.414. The lowest BCUT2D eigenvalue weighted by Crippen LogP contribution is -2.10. The molecule has 2 aromatic carbocycles. The molecule has 0 N–H and O–H groups in total. The fourth-order valence-corrected chi connectivity index (χ4v) is 4.66. The van der Waals surface area contributed by atoms with E-state index in [4.69, 9.17) is 4.74 Å². The molecule has 0 aliphatic rings. The van der Waals surface area contributed by atoms with Gasteiger partial charge in [-0.1, -0.05) is 18.2 Å². The molecule has 0 radical (unpaired) electrons. The molecule has 1 heterocycles. The summed E-state index contributed by atoms with van der Waals surface area (Å²) in [7, 11) is -2.05. The molecule has 0 saturated carbocycles. The highest BCUT2D eigenvalue weighted by Gasteiger charge is 2.18. The van der Waals surface area contributed by atoms with Gasteiger partial charge in [0.2, 0.25) is 0 Å². The van der Waals surface area contributed by atoms with Crippen molar-refractivity contribution in [2.24, 2.45) is 0 Å². The average Bonchev–Trinajstić information content (AvgIpc) is 3.02. The topological polar surface area (TPSA) is 48.3 Å². The van der Waals surface area contributed by atoms with Crippen LogP contribution in [-0.2, 0) is 15.8 Å². The molecule has 6 heteroatoms. The van der Waals surface area contributed by atoms with Crippen molar-refractivity contribution >= 4 is 21.8 Å². The van der Waals surface area contributed by atoms with Gasteiger partial charge in [0.25, 0.3) is 10.0 Å². The summed E-state index contributed by atoms with van der Waals surface area (Å²) in [6.07, 6.45) is 3.37. The lowest BCUT2D eigenvalue weighted by Gasteiger charge is -2.06. The second-order valence-electron chi connectivity index (χ2n) is 5.58. The SMILES string of the molecule is COc1ccc(S(=O)(=O)n2cc(C)c(CSc3ccccc3)c2)cc1. The summed E-state index contributed by atoms with van der Waals surface area (Å²) in [5.41, 5.74) is 1.96. The normalized spacial score (nSPS) is 11.4. The third-order valence-electron chi connectivity index (χ3n) is 3.88. The Kier molecular flexibility index (Phi) is 5.20. The predicted molar refractivity (Wildman–Crippen MR) is 101 cm³/mol. The van der Waals surface area contributed by atoms with E-state index in [0.29, 0.717) is 5.75 Å². The molecular formula is C19H19NO3S2. The van der Waals surface area contributed by atoms with Gasteiger partial charge in [0.1, 0.15) is 5.75 Å². The van der Waals surface area contributed by atoms with Crippen LogP contribution in [0.1, 0.15) is 11.1 Å². The first kappa shape index (κ1) is 17.6. The first-order valence-electron chi connectivity index (χ1n) is 7.75. The van der Waals surface area contributed by atoms with Crippen molar-refractivity contribution in [2.45, 2.75) is 22.5 Å². The summed E-state index contributed by atoms with van der Waals surface area (Å²) in [4.78, 5) is 1.40. The Morgan fingerprint density at radius 3 is 2.32 bits per heavy atom. The molecule has 0 unspecified atom stereocenters. The second-order valence-corrected chi connectivity index (χ2v) is 8.47. The first-order valence-corrected chi connectivity index (χ1v) is 10.2. The van der Waals surface area contributed by atoms with E-state index in [1.54, 1.807) is 55.5 Å². The zero-order valence-electron chi connectivity index (χ0n) is 14.0. The van der Waals surface area contributed by atoms with E-state index in [9.17, 15) is 8.42 Å². The molecule has 25 heavy (non-hydrogen) atoms. The molecule has 130 valence electrons. The van der Waals surface area contributed by atoms with Gasteiger partial charge in [-0.2, -0.15) is 0 Å². The van der Waals surface area contributed by atoms with Gasteiger partial charge >= 0.3 is 0 Å². The van der Waals surface area contributed by atoms with Crippen molar-refractivity contribution in [3.05, 3.63) is 78.1 Å². The van der Waals surface area contributed by atoms with Crippen molar-refractivity contribution in [2.75, 3.05) is 7.11 Å². The van der Waals surface area contributed by atoms with Gasteiger partial charge in [0, 0.05) is 23.0 Å². The smallest absolute Gasteiger partial charge is 0.267 e. The van der Waals surface area contributed by atoms with Crippen LogP contribution in [-0.4, -0.2) is 19.5 Å². The van der Waals surface area contributed by atoms with Crippen LogP contribution in [0, 0.1) is 6.92 Å². The lowest BCUT2D eigenvalue weighted by atomic mass is 10.2. The molecule has 0 amide bonds. The van der Waals surface area contributed by atoms with Gasteiger partial charge in [0.05, 0.1) is 12.0 Å². The maximum atomic E-state index is 12.8. The standard InChI is InChI=1S/C19H19NO3S2/c1-15-12-20(13-16(15)14-24-18-6-4-3-5-7-18)25(21,22)19-10-8-17(23-2)9-11-19/h3-13H,14H2,1-2H3. The van der Waals surface area contributed by atoms with Crippen LogP contribution in [0.5, 0.6) is 5.75 Å². The minimum absolute atomic E-state index is 0.241. The minimum Gasteiger partial charge on any atom is -0.497 e. The van der Waals surface area contributed by atoms with E-state index in [-0.39, 0.29) is 4.90 Å². The number of hydrogen-bond donors (Lipinski definition) is 0. The van der Waals surface area contributed by atoms with Gasteiger partial charge in [-0.3, -0.25) is 0 Å². The molecule has 0 atom stereocenters. The van der Waals surface area contributed by atoms with Crippen molar-refractivity contribution < 1.29 is 13.2 Å². The maximum Gasteiger partial charge on any atom is 0.267 e. The second kappa shape index (κ2) is 7.37. The van der Waals surface area contributed by atoms with E-state index < -0.39 is 10.0 Å². The summed E-state index contributed by atoms with van der Waals surface area (Å²) >= 11 is 1.69. The van der Waals surface area contributed by atoms with Gasteiger partial charge in [-0.15, -0.1) is 11.8 Å². The van der Waals surface area contributed by atoms with Gasteiger partial charge in [-0.25, -0.2) is 12.4 Å². The van der Waals surface area contributed by atoms with Crippen LogP contribution in [0.4, 0.5) is 0 Å². The molecule has 3 aromatic rings. The molecule has 0 aliphatic carbocycles. The Morgan fingerprint density at radius 2 is 1.68 bits per heavy atom. The Morgan fingerprint density at radius 1 is 1.00 bits per heavy atom. The molecule has 0 spiro atoms. The van der Waals surface area contributed by atoms with E-state index in [1.807, 2.05) is 37.3 Å². The number of aromatic nitrogens is 1. The molecule has 3 rings (SSSR count). The third-order valence-corrected chi connectivity index (χ3v) is 6.58. The quantitative estimate of drug-likeness (QED) is 0.603. The number of nitrogens with zero attached hydrogens (tertiary/aromatic N) is 1. The maximum absolute atomic E-state index is 12.8. The number of hydrogen-bond acceptors (Lipinski definition) is 4. The van der Waals surface area contributed by atoms with Crippen molar-refractivity contribution in [1.29, 1.82) is 0 Å². The summed E-state index contributed by atoms with van der Waals surface area (Å²) < 4.78 is 32.0. The van der Waals surface area contributed by atoms with Crippen molar-refractivity contribution in [3.8, 4) is 5.75 Å². The average molecular weight is 373 g/mol. The summed E-state index contributed by atoms with van der Waals surface area (Å²) in [6.45, 7) is 1.93. The Balaban J connectivity index is 1.82. The van der Waals surface area contributed by atoms with E-state index in [1.165, 1.54) is 3.97 Å². The minimum atomic E-state index is -3.60. The first-order chi connectivity index (χ1) is 12.0. The van der Waals surface area contributed by atoms with Crippen LogP contribution >= 0.6 is 11.8 Å². The van der Waals surface area contributed by atoms with E-state index in [0.717, 1.165) is 21.8 Å². The summed E-state index contributed by atoms with van der Waals surface area (Å²) in [5.74, 6) is 1.35. The fourth-order valence-electron chi connectivity index (χ4n) is 2.40. The van der Waals surface area contributed by atoms with Crippen LogP contribution < -0.4 is 4.74 Å². The summed E-state index contributed by atoms with van der Waals surface area (Å²) in [6, 6.07) is 16.5. The molecule has 0 bridgehead atoms. The monoisotopic (exact) mass is 373 g/mol. The number of ether oxygens (including phenoxy) is 1. The number of methoxy groups -OCH3 is 1. The third kappa shape index (κ3) is 3.91. The molecule has 4 nitrogen and oxygen atoms in total. The van der Waals surface area contributed by atoms with Gasteiger partial charge < -0.3 is 4.74 Å². The van der Waals surface area contributed by atoms with E-state index >= 15 is 0 Å². The fraction of sp³-hybridized carbons (Fsp3) is 0.158. The number of rotatable bonds is 6. The molecule has 0 saturated heterocycles. The molecular weight excluding hydrogens is 354 g/mol. The zero-order valence-corrected chi connectivity index (χ0v) is 15.7. The van der Waals surface area contributed by atoms with Crippen LogP contribution in [0.3, 0.4) is 0 Å². The van der Waals surface area contributed by atoms with Crippen LogP contribution in [0.2, 0.25) is 0 Å². The van der Waals surface area contributed by atoms with Crippen molar-refractivity contribution in [1.82, 2.24) is 3.97 Å². The highest BCUT2D eigenvalue weighted by atomic mass is 32.2. The highest BCUT2D eigenvalue weighted by molar-refractivity contribution is 7.98. The van der Waals surface area contributed by atoms with Crippen LogP contribution in [0.25, 0.3) is 0 Å². The highest BCUT2D eigenvalue weighted by Crippen LogP contribution is 2.26. The molecule has 1 aromatic heterocycles. The van der Waals surface area contributed by atoms with E-state index in [2.05, 4.69) is 0 Å². The Bertz CT molecular complexity index is 946. The van der Waals surface area contributed by atoms with Crippen molar-refractivity contribution in [3.63, 3.8) is 0 Å². The van der Waals surface area contributed by atoms with Gasteiger partial charge in [-0.05, 0) is 54.4 Å². The Labute approximate surface area is 152 Å². The largest absolute Gasteiger partial charge is 0.497 e. The Hall–Kier alpha value is -2.18. The number of thioether (sulfide) groups is 1. The predicted octanol–water partition coefficient (Wildman–Crippen LogP) is 4.33. The zero-order chi connectivity index (χ0) is 17.9. The number of aryl methyl sites for hydroxylation is 1. The van der Waals surface area contributed by atoms with Gasteiger partial charge in [0.15, 0.2) is 0 Å². The summed E-state index contributed by atoms with van der Waals surface area (Å²) in [5, 5.41) is 0. The number of benzene rings is 2. The van der Waals surface area contributed by atoms with Crippen LogP contribution in [0.15, 0.2) is 76.8 Å². The molecule has 0 fully saturated rings. The molecule has 0 aliphatic heterocycles.